The second kappa shape index (κ2) is 6.14. The molecule has 64 valence electrons. The molecule has 0 heterocycles. The highest BCUT2D eigenvalue weighted by Crippen LogP contribution is 2.13. The first-order valence-electron chi connectivity index (χ1n) is 4.30. The van der Waals surface area contributed by atoms with E-state index < -0.39 is 0 Å². The van der Waals surface area contributed by atoms with E-state index in [0.29, 0.717) is 12.3 Å². The van der Waals surface area contributed by atoms with Crippen molar-refractivity contribution in [1.29, 1.82) is 0 Å². The Kier molecular flexibility index (Phi) is 5.81. The van der Waals surface area contributed by atoms with Crippen LogP contribution in [0.2, 0.25) is 0 Å². The van der Waals surface area contributed by atoms with Gasteiger partial charge in [0.05, 0.1) is 0 Å². The Morgan fingerprint density at radius 2 is 2.18 bits per heavy atom. The highest BCUT2D eigenvalue weighted by molar-refractivity contribution is 5.49. The molecule has 0 fully saturated rings. The zero-order chi connectivity index (χ0) is 8.69. The van der Waals surface area contributed by atoms with Crippen molar-refractivity contribution in [2.24, 2.45) is 5.92 Å². The molecule has 1 nitrogen and oxygen atoms in total. The van der Waals surface area contributed by atoms with Gasteiger partial charge in [0.15, 0.2) is 0 Å². The van der Waals surface area contributed by atoms with Crippen LogP contribution in [0.1, 0.15) is 40.0 Å². The molecule has 0 N–H and O–H groups in total. The Morgan fingerprint density at radius 3 is 2.64 bits per heavy atom. The van der Waals surface area contributed by atoms with E-state index in [1.807, 2.05) is 0 Å². The average Bonchev–Trinajstić information content (AvgIpc) is 1.87. The molecular formula is C10H18O. The summed E-state index contributed by atoms with van der Waals surface area (Å²) in [5.74, 6) is 0.510. The van der Waals surface area contributed by atoms with Crippen molar-refractivity contribution in [2.75, 3.05) is 0 Å². The van der Waals surface area contributed by atoms with Gasteiger partial charge in [-0.3, -0.25) is 0 Å². The van der Waals surface area contributed by atoms with Crippen LogP contribution >= 0.6 is 0 Å². The van der Waals surface area contributed by atoms with Gasteiger partial charge in [-0.2, -0.15) is 0 Å². The molecule has 0 saturated carbocycles. The van der Waals surface area contributed by atoms with Gasteiger partial charge in [0.25, 0.3) is 0 Å². The quantitative estimate of drug-likeness (QED) is 0.439. The second-order valence-corrected chi connectivity index (χ2v) is 3.17. The molecule has 0 radical (unpaired) electrons. The number of hydrogen-bond donors (Lipinski definition) is 0. The van der Waals surface area contributed by atoms with Crippen LogP contribution < -0.4 is 0 Å². The molecule has 0 aliphatic carbocycles. The molecule has 0 rings (SSSR count). The summed E-state index contributed by atoms with van der Waals surface area (Å²) in [7, 11) is 0. The van der Waals surface area contributed by atoms with Crippen LogP contribution in [-0.4, -0.2) is 6.29 Å². The third-order valence-electron chi connectivity index (χ3n) is 1.72. The first-order chi connectivity index (χ1) is 5.20. The Bertz CT molecular complexity index is 136. The van der Waals surface area contributed by atoms with E-state index >= 15 is 0 Å². The number of allylic oxidation sites excluding steroid dienone is 2. The fourth-order valence-electron chi connectivity index (χ4n) is 1.23. The number of rotatable bonds is 5. The van der Waals surface area contributed by atoms with Gasteiger partial charge in [-0.25, -0.2) is 0 Å². The molecular weight excluding hydrogens is 136 g/mol. The highest BCUT2D eigenvalue weighted by atomic mass is 16.1. The second-order valence-electron chi connectivity index (χ2n) is 3.17. The van der Waals surface area contributed by atoms with Crippen molar-refractivity contribution >= 4 is 6.29 Å². The average molecular weight is 154 g/mol. The minimum atomic E-state index is 0.510. The number of carbonyl (C=O) groups excluding carboxylic acids is 1. The Hall–Kier alpha value is -0.590. The van der Waals surface area contributed by atoms with Crippen molar-refractivity contribution < 1.29 is 4.79 Å². The van der Waals surface area contributed by atoms with E-state index in [1.54, 1.807) is 0 Å². The monoisotopic (exact) mass is 154 g/mol. The molecule has 0 aliphatic rings. The summed E-state index contributed by atoms with van der Waals surface area (Å²) in [5.41, 5.74) is 1.40. The summed E-state index contributed by atoms with van der Waals surface area (Å²) in [6.07, 6.45) is 6.08. The summed E-state index contributed by atoms with van der Waals surface area (Å²) in [5, 5.41) is 0. The lowest BCUT2D eigenvalue weighted by Gasteiger charge is -2.06. The number of aldehydes is 1. The van der Waals surface area contributed by atoms with Crippen molar-refractivity contribution in [2.45, 2.75) is 40.0 Å². The zero-order valence-corrected chi connectivity index (χ0v) is 7.76. The predicted molar refractivity (Wildman–Crippen MR) is 48.5 cm³/mol. The van der Waals surface area contributed by atoms with Crippen LogP contribution in [0.4, 0.5) is 0 Å². The van der Waals surface area contributed by atoms with Gasteiger partial charge < -0.3 is 4.79 Å². The smallest absolute Gasteiger partial charge is 0.120 e. The van der Waals surface area contributed by atoms with Crippen LogP contribution in [0.5, 0.6) is 0 Å². The summed E-state index contributed by atoms with van der Waals surface area (Å²) < 4.78 is 0. The van der Waals surface area contributed by atoms with Gasteiger partial charge in [-0.15, -0.1) is 0 Å². The van der Waals surface area contributed by atoms with Gasteiger partial charge in [0.2, 0.25) is 0 Å². The SMILES string of the molecule is CCC=C(C)CC(C)CC=O. The maximum atomic E-state index is 10.1. The highest BCUT2D eigenvalue weighted by Gasteiger charge is 2.00. The molecule has 11 heavy (non-hydrogen) atoms. The molecule has 0 spiro atoms. The molecule has 0 aromatic rings. The minimum absolute atomic E-state index is 0.510. The zero-order valence-electron chi connectivity index (χ0n) is 7.76. The summed E-state index contributed by atoms with van der Waals surface area (Å²) >= 11 is 0. The number of carbonyl (C=O) groups is 1. The van der Waals surface area contributed by atoms with E-state index in [0.717, 1.165) is 19.1 Å². The van der Waals surface area contributed by atoms with Crippen molar-refractivity contribution in [3.05, 3.63) is 11.6 Å². The summed E-state index contributed by atoms with van der Waals surface area (Å²) in [6, 6.07) is 0. The van der Waals surface area contributed by atoms with Crippen LogP contribution in [0, 0.1) is 5.92 Å². The Morgan fingerprint density at radius 1 is 1.55 bits per heavy atom. The first-order valence-corrected chi connectivity index (χ1v) is 4.30. The molecule has 0 saturated heterocycles. The molecule has 0 aliphatic heterocycles. The van der Waals surface area contributed by atoms with Crippen molar-refractivity contribution in [1.82, 2.24) is 0 Å². The van der Waals surface area contributed by atoms with Crippen LogP contribution in [-0.2, 0) is 4.79 Å². The molecule has 0 aromatic carbocycles. The minimum Gasteiger partial charge on any atom is -0.303 e. The molecule has 1 heteroatoms. The molecule has 0 aromatic heterocycles. The van der Waals surface area contributed by atoms with E-state index in [4.69, 9.17) is 0 Å². The molecule has 1 atom stereocenters. The van der Waals surface area contributed by atoms with Gasteiger partial charge in [0.1, 0.15) is 6.29 Å². The normalized spacial score (nSPS) is 14.6. The van der Waals surface area contributed by atoms with Gasteiger partial charge in [-0.05, 0) is 25.7 Å². The summed E-state index contributed by atoms with van der Waals surface area (Å²) in [6.45, 7) is 6.38. The fraction of sp³-hybridized carbons (Fsp3) is 0.700. The lowest BCUT2D eigenvalue weighted by atomic mass is 9.99. The third kappa shape index (κ3) is 5.84. The largest absolute Gasteiger partial charge is 0.303 e. The van der Waals surface area contributed by atoms with E-state index in [-0.39, 0.29) is 0 Å². The van der Waals surface area contributed by atoms with Crippen molar-refractivity contribution in [3.63, 3.8) is 0 Å². The molecule has 0 amide bonds. The predicted octanol–water partition coefficient (Wildman–Crippen LogP) is 2.96. The van der Waals surface area contributed by atoms with Crippen LogP contribution in [0.25, 0.3) is 0 Å². The standard InChI is InChI=1S/C10H18O/c1-4-5-9(2)8-10(3)6-7-11/h5,7,10H,4,6,8H2,1-3H3. The maximum Gasteiger partial charge on any atom is 0.120 e. The third-order valence-corrected chi connectivity index (χ3v) is 1.72. The topological polar surface area (TPSA) is 17.1 Å². The van der Waals surface area contributed by atoms with Gasteiger partial charge >= 0.3 is 0 Å². The lowest BCUT2D eigenvalue weighted by molar-refractivity contribution is -0.108. The molecule has 0 bridgehead atoms. The Balaban J connectivity index is 3.64. The van der Waals surface area contributed by atoms with Crippen LogP contribution in [0.3, 0.4) is 0 Å². The van der Waals surface area contributed by atoms with Gasteiger partial charge in [-0.1, -0.05) is 25.5 Å². The van der Waals surface area contributed by atoms with Crippen molar-refractivity contribution in [3.8, 4) is 0 Å². The lowest BCUT2D eigenvalue weighted by Crippen LogP contribution is -1.95. The fourth-order valence-corrected chi connectivity index (χ4v) is 1.23. The van der Waals surface area contributed by atoms with E-state index in [2.05, 4.69) is 26.8 Å². The summed E-state index contributed by atoms with van der Waals surface area (Å²) in [4.78, 5) is 10.1. The van der Waals surface area contributed by atoms with Crippen LogP contribution in [0.15, 0.2) is 11.6 Å². The van der Waals surface area contributed by atoms with E-state index in [9.17, 15) is 4.79 Å². The Labute approximate surface area is 69.5 Å². The maximum absolute atomic E-state index is 10.1. The van der Waals surface area contributed by atoms with E-state index in [1.165, 1.54) is 5.57 Å². The number of hydrogen-bond acceptors (Lipinski definition) is 1. The molecule has 1 unspecified atom stereocenters. The van der Waals surface area contributed by atoms with Gasteiger partial charge in [0, 0.05) is 6.42 Å². The first kappa shape index (κ1) is 10.4.